The van der Waals surface area contributed by atoms with E-state index in [0.29, 0.717) is 11.3 Å². The standard InChI is InChI=1S/C18H19N3O4/c1-12-4-3-5-15(13(12)2)21-16(22)10-20-17(23)11-25-18(24)14-6-8-19-9-7-14/h3-9H,10-11H2,1-2H3,(H,20,23)(H,21,22). The molecule has 0 unspecified atom stereocenters. The lowest BCUT2D eigenvalue weighted by Crippen LogP contribution is -2.35. The summed E-state index contributed by atoms with van der Waals surface area (Å²) in [6.07, 6.45) is 2.91. The van der Waals surface area contributed by atoms with Gasteiger partial charge in [0.15, 0.2) is 6.61 Å². The Balaban J connectivity index is 1.75. The number of hydrogen-bond acceptors (Lipinski definition) is 5. The molecule has 0 fully saturated rings. The summed E-state index contributed by atoms with van der Waals surface area (Å²) in [6, 6.07) is 8.55. The van der Waals surface area contributed by atoms with Crippen LogP contribution >= 0.6 is 0 Å². The number of aryl methyl sites for hydroxylation is 1. The number of esters is 1. The Morgan fingerprint density at radius 2 is 1.76 bits per heavy atom. The molecule has 7 heteroatoms. The minimum Gasteiger partial charge on any atom is -0.452 e. The average molecular weight is 341 g/mol. The Morgan fingerprint density at radius 3 is 2.48 bits per heavy atom. The second-order valence-electron chi connectivity index (χ2n) is 5.38. The van der Waals surface area contributed by atoms with Crippen molar-refractivity contribution < 1.29 is 19.1 Å². The molecule has 0 radical (unpaired) electrons. The highest BCUT2D eigenvalue weighted by atomic mass is 16.5. The Morgan fingerprint density at radius 1 is 1.04 bits per heavy atom. The summed E-state index contributed by atoms with van der Waals surface area (Å²) in [7, 11) is 0. The minimum atomic E-state index is -0.627. The number of nitrogens with zero attached hydrogens (tertiary/aromatic N) is 1. The van der Waals surface area contributed by atoms with Crippen LogP contribution in [0.3, 0.4) is 0 Å². The molecule has 2 aromatic rings. The molecule has 1 aromatic heterocycles. The monoisotopic (exact) mass is 341 g/mol. The first-order valence-corrected chi connectivity index (χ1v) is 7.67. The maximum atomic E-state index is 11.9. The molecule has 0 aliphatic rings. The van der Waals surface area contributed by atoms with Crippen LogP contribution in [0.1, 0.15) is 21.5 Å². The zero-order valence-corrected chi connectivity index (χ0v) is 14.0. The molecule has 0 saturated carbocycles. The van der Waals surface area contributed by atoms with E-state index in [-0.39, 0.29) is 12.5 Å². The first kappa shape index (κ1) is 18.1. The van der Waals surface area contributed by atoms with E-state index in [0.717, 1.165) is 11.1 Å². The Hall–Kier alpha value is -3.22. The van der Waals surface area contributed by atoms with Crippen molar-refractivity contribution in [1.29, 1.82) is 0 Å². The number of benzene rings is 1. The maximum Gasteiger partial charge on any atom is 0.338 e. The number of ether oxygens (including phenoxy) is 1. The highest BCUT2D eigenvalue weighted by Crippen LogP contribution is 2.17. The van der Waals surface area contributed by atoms with Gasteiger partial charge in [-0.15, -0.1) is 0 Å². The van der Waals surface area contributed by atoms with Crippen LogP contribution in [0.25, 0.3) is 0 Å². The number of carbonyl (C=O) groups is 3. The number of pyridine rings is 1. The summed E-state index contributed by atoms with van der Waals surface area (Å²) in [6.45, 7) is 3.18. The number of nitrogens with one attached hydrogen (secondary N) is 2. The van der Waals surface area contributed by atoms with Crippen LogP contribution in [0.15, 0.2) is 42.7 Å². The molecule has 130 valence electrons. The molecule has 0 aliphatic carbocycles. The number of amides is 2. The highest BCUT2D eigenvalue weighted by Gasteiger charge is 2.11. The molecular formula is C18H19N3O4. The van der Waals surface area contributed by atoms with Gasteiger partial charge in [-0.3, -0.25) is 14.6 Å². The van der Waals surface area contributed by atoms with Crippen molar-refractivity contribution in [2.75, 3.05) is 18.5 Å². The van der Waals surface area contributed by atoms with Crippen LogP contribution in [-0.4, -0.2) is 35.9 Å². The summed E-state index contributed by atoms with van der Waals surface area (Å²) in [5, 5.41) is 5.13. The van der Waals surface area contributed by atoms with Crippen LogP contribution < -0.4 is 10.6 Å². The summed E-state index contributed by atoms with van der Waals surface area (Å²) in [5.74, 6) is -1.54. The molecule has 0 atom stereocenters. The van der Waals surface area contributed by atoms with E-state index < -0.39 is 18.5 Å². The molecule has 1 aromatic carbocycles. The van der Waals surface area contributed by atoms with Gasteiger partial charge in [-0.05, 0) is 43.2 Å². The van der Waals surface area contributed by atoms with Gasteiger partial charge in [0.2, 0.25) is 5.91 Å². The van der Waals surface area contributed by atoms with Gasteiger partial charge in [0.05, 0.1) is 12.1 Å². The Bertz CT molecular complexity index is 775. The number of rotatable bonds is 6. The van der Waals surface area contributed by atoms with Crippen LogP contribution in [0.5, 0.6) is 0 Å². The highest BCUT2D eigenvalue weighted by molar-refractivity contribution is 5.96. The first-order chi connectivity index (χ1) is 12.0. The van der Waals surface area contributed by atoms with Crippen LogP contribution in [0, 0.1) is 13.8 Å². The third kappa shape index (κ3) is 5.42. The lowest BCUT2D eigenvalue weighted by molar-refractivity contribution is -0.126. The molecule has 0 saturated heterocycles. The topological polar surface area (TPSA) is 97.4 Å². The van der Waals surface area contributed by atoms with Crippen LogP contribution in [0.2, 0.25) is 0 Å². The smallest absolute Gasteiger partial charge is 0.338 e. The van der Waals surface area contributed by atoms with E-state index >= 15 is 0 Å². The molecule has 0 bridgehead atoms. The maximum absolute atomic E-state index is 11.9. The Kier molecular flexibility index (Phi) is 6.22. The number of anilines is 1. The molecule has 0 aliphatic heterocycles. The van der Waals surface area contributed by atoms with Gasteiger partial charge in [-0.25, -0.2) is 4.79 Å². The van der Waals surface area contributed by atoms with Crippen LogP contribution in [0.4, 0.5) is 5.69 Å². The van der Waals surface area contributed by atoms with Crippen molar-refractivity contribution in [3.05, 3.63) is 59.4 Å². The predicted octanol–water partition coefficient (Wildman–Crippen LogP) is 1.61. The molecule has 25 heavy (non-hydrogen) atoms. The quantitative estimate of drug-likeness (QED) is 0.778. The molecule has 0 spiro atoms. The summed E-state index contributed by atoms with van der Waals surface area (Å²) >= 11 is 0. The summed E-state index contributed by atoms with van der Waals surface area (Å²) < 4.78 is 4.86. The van der Waals surface area contributed by atoms with Crippen molar-refractivity contribution >= 4 is 23.5 Å². The van der Waals surface area contributed by atoms with Crippen LogP contribution in [-0.2, 0) is 14.3 Å². The van der Waals surface area contributed by atoms with Gasteiger partial charge in [0, 0.05) is 18.1 Å². The van der Waals surface area contributed by atoms with Gasteiger partial charge < -0.3 is 15.4 Å². The average Bonchev–Trinajstić information content (AvgIpc) is 2.62. The molecule has 2 N–H and O–H groups in total. The van der Waals surface area contributed by atoms with Crippen molar-refractivity contribution in [3.63, 3.8) is 0 Å². The van der Waals surface area contributed by atoms with Gasteiger partial charge in [-0.1, -0.05) is 12.1 Å². The summed E-state index contributed by atoms with van der Waals surface area (Å²) in [5.41, 5.74) is 3.03. The van der Waals surface area contributed by atoms with E-state index in [4.69, 9.17) is 4.74 Å². The first-order valence-electron chi connectivity index (χ1n) is 7.67. The second-order valence-corrected chi connectivity index (χ2v) is 5.38. The SMILES string of the molecule is Cc1cccc(NC(=O)CNC(=O)COC(=O)c2ccncc2)c1C. The largest absolute Gasteiger partial charge is 0.452 e. The lowest BCUT2D eigenvalue weighted by atomic mass is 10.1. The van der Waals surface area contributed by atoms with Gasteiger partial charge >= 0.3 is 5.97 Å². The van der Waals surface area contributed by atoms with Crippen molar-refractivity contribution in [3.8, 4) is 0 Å². The van der Waals surface area contributed by atoms with E-state index in [1.165, 1.54) is 24.5 Å². The van der Waals surface area contributed by atoms with Gasteiger partial charge in [-0.2, -0.15) is 0 Å². The fraction of sp³-hybridized carbons (Fsp3) is 0.222. The zero-order valence-electron chi connectivity index (χ0n) is 14.0. The predicted molar refractivity (Wildman–Crippen MR) is 92.1 cm³/mol. The van der Waals surface area contributed by atoms with E-state index in [2.05, 4.69) is 15.6 Å². The van der Waals surface area contributed by atoms with E-state index in [1.807, 2.05) is 26.0 Å². The third-order valence-corrected chi connectivity index (χ3v) is 3.58. The van der Waals surface area contributed by atoms with Gasteiger partial charge in [0.25, 0.3) is 5.91 Å². The number of aromatic nitrogens is 1. The fourth-order valence-corrected chi connectivity index (χ4v) is 2.01. The molecule has 2 rings (SSSR count). The normalized spacial score (nSPS) is 10.0. The number of hydrogen-bond donors (Lipinski definition) is 2. The third-order valence-electron chi connectivity index (χ3n) is 3.58. The summed E-state index contributed by atoms with van der Waals surface area (Å²) in [4.78, 5) is 39.1. The molecule has 1 heterocycles. The van der Waals surface area contributed by atoms with Gasteiger partial charge in [0.1, 0.15) is 0 Å². The minimum absolute atomic E-state index is 0.209. The van der Waals surface area contributed by atoms with Crippen molar-refractivity contribution in [2.24, 2.45) is 0 Å². The lowest BCUT2D eigenvalue weighted by Gasteiger charge is -2.11. The van der Waals surface area contributed by atoms with Crippen molar-refractivity contribution in [1.82, 2.24) is 10.3 Å². The molecule has 7 nitrogen and oxygen atoms in total. The van der Waals surface area contributed by atoms with E-state index in [9.17, 15) is 14.4 Å². The second kappa shape index (κ2) is 8.58. The zero-order chi connectivity index (χ0) is 18.2. The number of carbonyl (C=O) groups excluding carboxylic acids is 3. The molecular weight excluding hydrogens is 322 g/mol. The van der Waals surface area contributed by atoms with E-state index in [1.54, 1.807) is 6.07 Å². The molecule has 2 amide bonds. The van der Waals surface area contributed by atoms with Crippen molar-refractivity contribution in [2.45, 2.75) is 13.8 Å². The Labute approximate surface area is 145 Å². The fourth-order valence-electron chi connectivity index (χ4n) is 2.01.